The molecule has 0 unspecified atom stereocenters. The molecule has 0 bridgehead atoms. The Balaban J connectivity index is 2.44. The number of non-ortho nitro benzene ring substituents is 1. The van der Waals surface area contributed by atoms with Gasteiger partial charge in [-0.1, -0.05) is 6.92 Å². The summed E-state index contributed by atoms with van der Waals surface area (Å²) in [6.07, 6.45) is 0.607. The van der Waals surface area contributed by atoms with E-state index in [2.05, 4.69) is 0 Å². The number of furan rings is 1. The van der Waals surface area contributed by atoms with Crippen molar-refractivity contribution in [2.45, 2.75) is 13.3 Å². The molecule has 0 aliphatic carbocycles. The van der Waals surface area contributed by atoms with Gasteiger partial charge in [0, 0.05) is 17.7 Å². The van der Waals surface area contributed by atoms with E-state index in [1.54, 1.807) is 12.1 Å². The average Bonchev–Trinajstić information content (AvgIpc) is 2.95. The Hall–Kier alpha value is -2.67. The predicted molar refractivity (Wildman–Crippen MR) is 71.8 cm³/mol. The number of amides is 1. The standard InChI is InChI=1S/C13H13N3O4/c1-2-8-7-9(16(18)19)3-4-10(8)11-5-6-12(20-11)13(17)15-14/h3-7H,2,14H2,1H3,(H,15,17). The van der Waals surface area contributed by atoms with Gasteiger partial charge in [0.1, 0.15) is 5.76 Å². The number of benzene rings is 1. The van der Waals surface area contributed by atoms with Gasteiger partial charge in [-0.15, -0.1) is 0 Å². The quantitative estimate of drug-likeness (QED) is 0.383. The lowest BCUT2D eigenvalue weighted by molar-refractivity contribution is -0.384. The first kappa shape index (κ1) is 13.8. The topological polar surface area (TPSA) is 111 Å². The van der Waals surface area contributed by atoms with Gasteiger partial charge in [0.25, 0.3) is 5.69 Å². The number of hydrogen-bond acceptors (Lipinski definition) is 5. The zero-order chi connectivity index (χ0) is 14.7. The van der Waals surface area contributed by atoms with Crippen LogP contribution < -0.4 is 11.3 Å². The van der Waals surface area contributed by atoms with Gasteiger partial charge < -0.3 is 4.42 Å². The molecule has 0 atom stereocenters. The minimum absolute atomic E-state index is 0.0251. The third-order valence-electron chi connectivity index (χ3n) is 2.91. The summed E-state index contributed by atoms with van der Waals surface area (Å²) in [5.41, 5.74) is 3.49. The van der Waals surface area contributed by atoms with Crippen LogP contribution in [0.1, 0.15) is 23.0 Å². The smallest absolute Gasteiger partial charge is 0.300 e. The van der Waals surface area contributed by atoms with Crippen LogP contribution in [-0.2, 0) is 6.42 Å². The normalized spacial score (nSPS) is 10.3. The van der Waals surface area contributed by atoms with Gasteiger partial charge in [-0.25, -0.2) is 5.84 Å². The van der Waals surface area contributed by atoms with E-state index in [1.165, 1.54) is 18.2 Å². The molecule has 2 rings (SSSR count). The van der Waals surface area contributed by atoms with Gasteiger partial charge in [0.15, 0.2) is 5.76 Å². The second-order valence-electron chi connectivity index (χ2n) is 4.09. The molecular formula is C13H13N3O4. The van der Waals surface area contributed by atoms with Gasteiger partial charge in [-0.2, -0.15) is 0 Å². The summed E-state index contributed by atoms with van der Waals surface area (Å²) in [7, 11) is 0. The van der Waals surface area contributed by atoms with E-state index >= 15 is 0 Å². The summed E-state index contributed by atoms with van der Waals surface area (Å²) in [5.74, 6) is 5.05. The lowest BCUT2D eigenvalue weighted by Crippen LogP contribution is -2.29. The molecule has 3 N–H and O–H groups in total. The number of aryl methyl sites for hydroxylation is 1. The molecule has 0 spiro atoms. The number of hydrogen-bond donors (Lipinski definition) is 2. The van der Waals surface area contributed by atoms with Gasteiger partial charge in [-0.3, -0.25) is 20.3 Å². The first-order chi connectivity index (χ1) is 9.56. The molecule has 20 heavy (non-hydrogen) atoms. The van der Waals surface area contributed by atoms with E-state index in [4.69, 9.17) is 10.3 Å². The number of carbonyl (C=O) groups excluding carboxylic acids is 1. The fraction of sp³-hybridized carbons (Fsp3) is 0.154. The number of nitrogens with two attached hydrogens (primary N) is 1. The molecule has 0 aliphatic rings. The molecule has 1 heterocycles. The van der Waals surface area contributed by atoms with Crippen molar-refractivity contribution in [3.05, 3.63) is 51.8 Å². The number of hydrazine groups is 1. The number of rotatable bonds is 4. The minimum Gasteiger partial charge on any atom is -0.451 e. The van der Waals surface area contributed by atoms with Crippen LogP contribution in [0.15, 0.2) is 34.7 Å². The van der Waals surface area contributed by atoms with Crippen molar-refractivity contribution in [1.82, 2.24) is 5.43 Å². The molecular weight excluding hydrogens is 262 g/mol. The third-order valence-corrected chi connectivity index (χ3v) is 2.91. The number of nitrogens with one attached hydrogen (secondary N) is 1. The van der Waals surface area contributed by atoms with Crippen molar-refractivity contribution in [3.8, 4) is 11.3 Å². The molecule has 0 saturated heterocycles. The summed E-state index contributed by atoms with van der Waals surface area (Å²) in [6.45, 7) is 1.89. The van der Waals surface area contributed by atoms with Gasteiger partial charge >= 0.3 is 5.91 Å². The van der Waals surface area contributed by atoms with Crippen molar-refractivity contribution in [3.63, 3.8) is 0 Å². The number of nitro benzene ring substituents is 1. The molecule has 7 nitrogen and oxygen atoms in total. The van der Waals surface area contributed by atoms with Gasteiger partial charge in [-0.05, 0) is 30.2 Å². The Labute approximate surface area is 114 Å². The molecule has 2 aromatic rings. The minimum atomic E-state index is -0.531. The van der Waals surface area contributed by atoms with Crippen molar-refractivity contribution in [1.29, 1.82) is 0 Å². The Morgan fingerprint density at radius 1 is 1.40 bits per heavy atom. The van der Waals surface area contributed by atoms with E-state index in [0.717, 1.165) is 5.56 Å². The van der Waals surface area contributed by atoms with Gasteiger partial charge in [0.2, 0.25) is 0 Å². The lowest BCUT2D eigenvalue weighted by atomic mass is 10.0. The van der Waals surface area contributed by atoms with E-state index < -0.39 is 10.8 Å². The maximum atomic E-state index is 11.3. The third kappa shape index (κ3) is 2.52. The first-order valence-corrected chi connectivity index (χ1v) is 5.95. The zero-order valence-corrected chi connectivity index (χ0v) is 10.8. The summed E-state index contributed by atoms with van der Waals surface area (Å²) < 4.78 is 5.40. The van der Waals surface area contributed by atoms with Crippen LogP contribution in [0.4, 0.5) is 5.69 Å². The van der Waals surface area contributed by atoms with E-state index in [1.807, 2.05) is 12.3 Å². The van der Waals surface area contributed by atoms with Gasteiger partial charge in [0.05, 0.1) is 4.92 Å². The van der Waals surface area contributed by atoms with Crippen molar-refractivity contribution in [2.75, 3.05) is 0 Å². The fourth-order valence-electron chi connectivity index (χ4n) is 1.90. The molecule has 0 fully saturated rings. The Morgan fingerprint density at radius 3 is 2.75 bits per heavy atom. The molecule has 0 radical (unpaired) electrons. The van der Waals surface area contributed by atoms with Crippen LogP contribution >= 0.6 is 0 Å². The highest BCUT2D eigenvalue weighted by atomic mass is 16.6. The Bertz CT molecular complexity index is 663. The summed E-state index contributed by atoms with van der Waals surface area (Å²) in [5, 5.41) is 10.8. The molecule has 1 aromatic heterocycles. The molecule has 0 aliphatic heterocycles. The predicted octanol–water partition coefficient (Wildman–Crippen LogP) is 2.02. The second-order valence-corrected chi connectivity index (χ2v) is 4.09. The van der Waals surface area contributed by atoms with Crippen molar-refractivity contribution < 1.29 is 14.1 Å². The number of nitro groups is 1. The zero-order valence-electron chi connectivity index (χ0n) is 10.8. The highest BCUT2D eigenvalue weighted by molar-refractivity contribution is 5.91. The Kier molecular flexibility index (Phi) is 3.81. The molecule has 1 amide bonds. The fourth-order valence-corrected chi connectivity index (χ4v) is 1.90. The van der Waals surface area contributed by atoms with Crippen LogP contribution in [0.5, 0.6) is 0 Å². The average molecular weight is 275 g/mol. The van der Waals surface area contributed by atoms with Crippen LogP contribution in [0.2, 0.25) is 0 Å². The second kappa shape index (κ2) is 5.54. The summed E-state index contributed by atoms with van der Waals surface area (Å²) >= 11 is 0. The Morgan fingerprint density at radius 2 is 2.15 bits per heavy atom. The van der Waals surface area contributed by atoms with Crippen LogP contribution in [0.3, 0.4) is 0 Å². The van der Waals surface area contributed by atoms with Crippen molar-refractivity contribution in [2.24, 2.45) is 5.84 Å². The van der Waals surface area contributed by atoms with Crippen LogP contribution in [-0.4, -0.2) is 10.8 Å². The molecule has 7 heteroatoms. The van der Waals surface area contributed by atoms with E-state index in [0.29, 0.717) is 17.7 Å². The monoisotopic (exact) mass is 275 g/mol. The largest absolute Gasteiger partial charge is 0.451 e. The lowest BCUT2D eigenvalue weighted by Gasteiger charge is -2.05. The number of nitrogen functional groups attached to an aromatic ring is 1. The molecule has 104 valence electrons. The van der Waals surface area contributed by atoms with E-state index in [9.17, 15) is 14.9 Å². The number of carbonyl (C=O) groups is 1. The van der Waals surface area contributed by atoms with Crippen LogP contribution in [0, 0.1) is 10.1 Å². The first-order valence-electron chi connectivity index (χ1n) is 5.95. The molecule has 0 saturated carbocycles. The summed E-state index contributed by atoms with van der Waals surface area (Å²) in [6, 6.07) is 7.64. The maximum absolute atomic E-state index is 11.3. The van der Waals surface area contributed by atoms with Crippen LogP contribution in [0.25, 0.3) is 11.3 Å². The molecule has 1 aromatic carbocycles. The highest BCUT2D eigenvalue weighted by Gasteiger charge is 2.15. The van der Waals surface area contributed by atoms with E-state index in [-0.39, 0.29) is 11.4 Å². The maximum Gasteiger partial charge on any atom is 0.300 e. The summed E-state index contributed by atoms with van der Waals surface area (Å²) in [4.78, 5) is 21.7. The SMILES string of the molecule is CCc1cc([N+](=O)[O-])ccc1-c1ccc(C(=O)NN)o1. The highest BCUT2D eigenvalue weighted by Crippen LogP contribution is 2.29. The number of nitrogens with zero attached hydrogens (tertiary/aromatic N) is 1. The van der Waals surface area contributed by atoms with Crippen molar-refractivity contribution >= 4 is 11.6 Å².